The summed E-state index contributed by atoms with van der Waals surface area (Å²) < 4.78 is 0. The number of hydrogen-bond donors (Lipinski definition) is 0. The Morgan fingerprint density at radius 2 is 1.78 bits per heavy atom. The van der Waals surface area contributed by atoms with Crippen LogP contribution in [0.5, 0.6) is 0 Å². The molecule has 3 nitrogen and oxygen atoms in total. The smallest absolute Gasteiger partial charge is 0.176 e. The van der Waals surface area contributed by atoms with E-state index in [4.69, 9.17) is 0 Å². The second-order valence-corrected chi connectivity index (χ2v) is 6.54. The van der Waals surface area contributed by atoms with Crippen LogP contribution in [0.4, 0.5) is 5.69 Å². The van der Waals surface area contributed by atoms with E-state index in [9.17, 15) is 4.79 Å². The maximum absolute atomic E-state index is 12.4. The summed E-state index contributed by atoms with van der Waals surface area (Å²) in [6.07, 6.45) is 2.34. The van der Waals surface area contributed by atoms with E-state index in [1.807, 2.05) is 30.3 Å². The standard InChI is InChI=1S/C20H22N2O/c23-20(17-7-2-1-3-8-17)15-21-12-13-22-18(14-21)11-10-16-6-4-5-9-19(16)22/h1-9,18H,10-15H2. The molecule has 118 valence electrons. The first-order valence-corrected chi connectivity index (χ1v) is 8.46. The number of carbonyl (C=O) groups excluding carboxylic acids is 1. The molecule has 0 spiro atoms. The van der Waals surface area contributed by atoms with Crippen LogP contribution in [0.1, 0.15) is 22.3 Å². The number of ketones is 1. The van der Waals surface area contributed by atoms with E-state index in [-0.39, 0.29) is 5.78 Å². The van der Waals surface area contributed by atoms with Crippen molar-refractivity contribution in [1.29, 1.82) is 0 Å². The van der Waals surface area contributed by atoms with E-state index in [1.165, 1.54) is 17.7 Å². The van der Waals surface area contributed by atoms with Crippen molar-refractivity contribution in [3.05, 3.63) is 65.7 Å². The quantitative estimate of drug-likeness (QED) is 0.815. The van der Waals surface area contributed by atoms with Gasteiger partial charge in [0, 0.05) is 36.9 Å². The molecule has 0 amide bonds. The number of para-hydroxylation sites is 1. The first-order chi connectivity index (χ1) is 11.3. The minimum absolute atomic E-state index is 0.232. The number of carbonyl (C=O) groups is 1. The molecule has 0 aromatic heterocycles. The fraction of sp³-hybridized carbons (Fsp3) is 0.350. The molecule has 2 aliphatic rings. The summed E-state index contributed by atoms with van der Waals surface area (Å²) in [7, 11) is 0. The summed E-state index contributed by atoms with van der Waals surface area (Å²) in [5.74, 6) is 0.232. The molecule has 2 heterocycles. The number of fused-ring (bicyclic) bond motifs is 3. The third-order valence-corrected chi connectivity index (χ3v) is 5.08. The van der Waals surface area contributed by atoms with Crippen LogP contribution in [-0.2, 0) is 6.42 Å². The Kier molecular flexibility index (Phi) is 3.88. The van der Waals surface area contributed by atoms with E-state index in [2.05, 4.69) is 34.1 Å². The van der Waals surface area contributed by atoms with Crippen LogP contribution in [-0.4, -0.2) is 42.9 Å². The van der Waals surface area contributed by atoms with Gasteiger partial charge in [0.15, 0.2) is 5.78 Å². The van der Waals surface area contributed by atoms with Gasteiger partial charge in [-0.2, -0.15) is 0 Å². The first-order valence-electron chi connectivity index (χ1n) is 8.46. The molecule has 0 N–H and O–H groups in total. The minimum atomic E-state index is 0.232. The van der Waals surface area contributed by atoms with E-state index in [0.717, 1.165) is 31.6 Å². The summed E-state index contributed by atoms with van der Waals surface area (Å²) >= 11 is 0. The van der Waals surface area contributed by atoms with Crippen molar-refractivity contribution in [3.63, 3.8) is 0 Å². The molecular formula is C20H22N2O. The van der Waals surface area contributed by atoms with Crippen molar-refractivity contribution in [3.8, 4) is 0 Å². The molecule has 23 heavy (non-hydrogen) atoms. The van der Waals surface area contributed by atoms with Crippen LogP contribution in [0.2, 0.25) is 0 Å². The Morgan fingerprint density at radius 1 is 1.00 bits per heavy atom. The maximum Gasteiger partial charge on any atom is 0.176 e. The van der Waals surface area contributed by atoms with Gasteiger partial charge in [-0.25, -0.2) is 0 Å². The minimum Gasteiger partial charge on any atom is -0.366 e. The van der Waals surface area contributed by atoms with Crippen molar-refractivity contribution in [2.45, 2.75) is 18.9 Å². The second kappa shape index (κ2) is 6.17. The fourth-order valence-electron chi connectivity index (χ4n) is 3.87. The Morgan fingerprint density at radius 3 is 2.65 bits per heavy atom. The number of benzene rings is 2. The van der Waals surface area contributed by atoms with Crippen LogP contribution < -0.4 is 4.90 Å². The summed E-state index contributed by atoms with van der Waals surface area (Å²) in [4.78, 5) is 17.3. The Bertz CT molecular complexity index is 698. The molecule has 1 saturated heterocycles. The van der Waals surface area contributed by atoms with Gasteiger partial charge in [0.2, 0.25) is 0 Å². The molecular weight excluding hydrogens is 284 g/mol. The van der Waals surface area contributed by atoms with E-state index >= 15 is 0 Å². The van der Waals surface area contributed by atoms with Gasteiger partial charge in [-0.1, -0.05) is 48.5 Å². The number of rotatable bonds is 3. The molecule has 1 unspecified atom stereocenters. The van der Waals surface area contributed by atoms with Crippen molar-refractivity contribution in [1.82, 2.24) is 4.90 Å². The first kappa shape index (κ1) is 14.5. The van der Waals surface area contributed by atoms with E-state index in [0.29, 0.717) is 12.6 Å². The predicted octanol–water partition coefficient (Wildman–Crippen LogP) is 3.01. The topological polar surface area (TPSA) is 23.6 Å². The zero-order valence-corrected chi connectivity index (χ0v) is 13.3. The number of piperazine rings is 1. The van der Waals surface area contributed by atoms with Crippen LogP contribution >= 0.6 is 0 Å². The molecule has 2 aromatic carbocycles. The predicted molar refractivity (Wildman–Crippen MR) is 93.1 cm³/mol. The van der Waals surface area contributed by atoms with Gasteiger partial charge in [-0.15, -0.1) is 0 Å². The molecule has 0 bridgehead atoms. The third-order valence-electron chi connectivity index (χ3n) is 5.08. The highest BCUT2D eigenvalue weighted by Gasteiger charge is 2.31. The zero-order chi connectivity index (χ0) is 15.6. The summed E-state index contributed by atoms with van der Waals surface area (Å²) in [6.45, 7) is 3.51. The van der Waals surface area contributed by atoms with E-state index in [1.54, 1.807) is 0 Å². The van der Waals surface area contributed by atoms with Gasteiger partial charge in [-0.3, -0.25) is 9.69 Å². The van der Waals surface area contributed by atoms with Gasteiger partial charge in [-0.05, 0) is 24.5 Å². The molecule has 3 heteroatoms. The lowest BCUT2D eigenvalue weighted by Gasteiger charge is -2.46. The van der Waals surface area contributed by atoms with Crippen molar-refractivity contribution >= 4 is 11.5 Å². The van der Waals surface area contributed by atoms with Crippen molar-refractivity contribution < 1.29 is 4.79 Å². The van der Waals surface area contributed by atoms with Gasteiger partial charge in [0.1, 0.15) is 0 Å². The normalized spacial score (nSPS) is 20.7. The highest BCUT2D eigenvalue weighted by atomic mass is 16.1. The number of aryl methyl sites for hydroxylation is 1. The number of hydrogen-bond acceptors (Lipinski definition) is 3. The van der Waals surface area contributed by atoms with Crippen molar-refractivity contribution in [2.75, 3.05) is 31.1 Å². The second-order valence-electron chi connectivity index (χ2n) is 6.54. The lowest BCUT2D eigenvalue weighted by atomic mass is 9.93. The third kappa shape index (κ3) is 2.89. The lowest BCUT2D eigenvalue weighted by molar-refractivity contribution is 0.0912. The SMILES string of the molecule is O=C(CN1CCN2c3ccccc3CCC2C1)c1ccccc1. The molecule has 0 saturated carbocycles. The fourth-order valence-corrected chi connectivity index (χ4v) is 3.87. The van der Waals surface area contributed by atoms with Crippen LogP contribution in [0.3, 0.4) is 0 Å². The Hall–Kier alpha value is -2.13. The Balaban J connectivity index is 1.43. The molecule has 0 aliphatic carbocycles. The van der Waals surface area contributed by atoms with Crippen molar-refractivity contribution in [2.24, 2.45) is 0 Å². The van der Waals surface area contributed by atoms with Crippen LogP contribution in [0, 0.1) is 0 Å². The Labute approximate surface area is 137 Å². The van der Waals surface area contributed by atoms with Crippen LogP contribution in [0.25, 0.3) is 0 Å². The largest absolute Gasteiger partial charge is 0.366 e. The highest BCUT2D eigenvalue weighted by Crippen LogP contribution is 2.32. The highest BCUT2D eigenvalue weighted by molar-refractivity contribution is 5.97. The molecule has 1 fully saturated rings. The van der Waals surface area contributed by atoms with Gasteiger partial charge < -0.3 is 4.90 Å². The van der Waals surface area contributed by atoms with Gasteiger partial charge in [0.25, 0.3) is 0 Å². The average Bonchev–Trinajstić information content (AvgIpc) is 2.62. The number of anilines is 1. The lowest BCUT2D eigenvalue weighted by Crippen LogP contribution is -2.55. The number of nitrogens with zero attached hydrogens (tertiary/aromatic N) is 2. The number of Topliss-reactive ketones (excluding diaryl/α,β-unsaturated/α-hetero) is 1. The van der Waals surface area contributed by atoms with Crippen LogP contribution in [0.15, 0.2) is 54.6 Å². The average molecular weight is 306 g/mol. The molecule has 4 rings (SSSR count). The monoisotopic (exact) mass is 306 g/mol. The molecule has 1 atom stereocenters. The summed E-state index contributed by atoms with van der Waals surface area (Å²) in [6, 6.07) is 18.9. The molecule has 0 radical (unpaired) electrons. The maximum atomic E-state index is 12.4. The zero-order valence-electron chi connectivity index (χ0n) is 13.3. The summed E-state index contributed by atoms with van der Waals surface area (Å²) in [5.41, 5.74) is 3.69. The van der Waals surface area contributed by atoms with Gasteiger partial charge in [0.05, 0.1) is 6.54 Å². The van der Waals surface area contributed by atoms with Gasteiger partial charge >= 0.3 is 0 Å². The summed E-state index contributed by atoms with van der Waals surface area (Å²) in [5, 5.41) is 0. The molecule has 2 aromatic rings. The van der Waals surface area contributed by atoms with E-state index < -0.39 is 0 Å². The molecule has 2 aliphatic heterocycles.